The van der Waals surface area contributed by atoms with E-state index in [4.69, 9.17) is 0 Å². The zero-order valence-corrected chi connectivity index (χ0v) is 6.88. The summed E-state index contributed by atoms with van der Waals surface area (Å²) in [5.74, 6) is -2.44. The van der Waals surface area contributed by atoms with Crippen LogP contribution in [0.2, 0.25) is 0 Å². The van der Waals surface area contributed by atoms with Crippen molar-refractivity contribution in [3.8, 4) is 0 Å². The predicted molar refractivity (Wildman–Crippen MR) is 38.6 cm³/mol. The quantitative estimate of drug-likeness (QED) is 0.569. The van der Waals surface area contributed by atoms with E-state index >= 15 is 0 Å². The number of nitrogens with one attached hydrogen (secondary N) is 1. The third-order valence-electron chi connectivity index (χ3n) is 3.82. The summed E-state index contributed by atoms with van der Waals surface area (Å²) in [7, 11) is 0. The van der Waals surface area contributed by atoms with E-state index in [1.54, 1.807) is 13.8 Å². The van der Waals surface area contributed by atoms with Crippen LogP contribution < -0.4 is 5.32 Å². The highest BCUT2D eigenvalue weighted by molar-refractivity contribution is 5.26. The molecule has 11 heavy (non-hydrogen) atoms. The molecule has 0 aromatic heterocycles. The molecule has 2 atom stereocenters. The summed E-state index contributed by atoms with van der Waals surface area (Å²) in [5.41, 5.74) is -1.48. The predicted octanol–water partition coefficient (Wildman–Crippen LogP) is 1.64. The smallest absolute Gasteiger partial charge is 0.261 e. The molecule has 1 aliphatic carbocycles. The maximum Gasteiger partial charge on any atom is 0.261 e. The fraction of sp³-hybridized carbons (Fsp3) is 1.00. The van der Waals surface area contributed by atoms with Crippen LogP contribution in [0, 0.1) is 10.8 Å². The van der Waals surface area contributed by atoms with Crippen LogP contribution in [0.15, 0.2) is 0 Å². The highest BCUT2D eigenvalue weighted by atomic mass is 19.3. The van der Waals surface area contributed by atoms with Crippen molar-refractivity contribution in [1.29, 1.82) is 0 Å². The lowest BCUT2D eigenvalue weighted by molar-refractivity contribution is 0.0517. The molecule has 1 aliphatic heterocycles. The molecule has 2 aliphatic rings. The Labute approximate surface area is 65.2 Å². The van der Waals surface area contributed by atoms with Crippen LogP contribution in [0.25, 0.3) is 0 Å². The molecule has 64 valence electrons. The summed E-state index contributed by atoms with van der Waals surface area (Å²) >= 11 is 0. The molecule has 0 aromatic rings. The van der Waals surface area contributed by atoms with E-state index in [9.17, 15) is 8.78 Å². The molecule has 0 amide bonds. The van der Waals surface area contributed by atoms with Crippen LogP contribution in [0.1, 0.15) is 20.3 Å². The first-order valence-corrected chi connectivity index (χ1v) is 4.04. The Morgan fingerprint density at radius 1 is 1.18 bits per heavy atom. The lowest BCUT2D eigenvalue weighted by atomic mass is 9.90. The van der Waals surface area contributed by atoms with Gasteiger partial charge in [-0.15, -0.1) is 0 Å². The highest BCUT2D eigenvalue weighted by Gasteiger charge is 2.86. The maximum atomic E-state index is 13.2. The minimum Gasteiger partial charge on any atom is -0.316 e. The second-order valence-corrected chi connectivity index (χ2v) is 4.17. The standard InChI is InChI=1S/C8H13F2N/c1-6-3-4-11-5-7(6,2)8(6,9)10/h11H,3-5H2,1-2H3. The van der Waals surface area contributed by atoms with E-state index in [0.717, 1.165) is 6.54 Å². The van der Waals surface area contributed by atoms with Gasteiger partial charge in [-0.2, -0.15) is 0 Å². The molecule has 0 spiro atoms. The van der Waals surface area contributed by atoms with Gasteiger partial charge in [-0.05, 0) is 13.0 Å². The minimum atomic E-state index is -2.44. The third kappa shape index (κ3) is 0.525. The number of rotatable bonds is 0. The summed E-state index contributed by atoms with van der Waals surface area (Å²) in [4.78, 5) is 0. The molecule has 0 aromatic carbocycles. The summed E-state index contributed by atoms with van der Waals surface area (Å²) < 4.78 is 26.5. The monoisotopic (exact) mass is 161 g/mol. The van der Waals surface area contributed by atoms with E-state index in [2.05, 4.69) is 5.32 Å². The lowest BCUT2D eigenvalue weighted by Crippen LogP contribution is -2.33. The number of halogens is 2. The first-order valence-electron chi connectivity index (χ1n) is 4.04. The van der Waals surface area contributed by atoms with Gasteiger partial charge in [0, 0.05) is 12.0 Å². The first-order chi connectivity index (χ1) is 4.96. The molecule has 0 bridgehead atoms. The molecule has 2 fully saturated rings. The minimum absolute atomic E-state index is 0.469. The van der Waals surface area contributed by atoms with Gasteiger partial charge in [0.1, 0.15) is 0 Å². The Kier molecular flexibility index (Phi) is 1.09. The molecular weight excluding hydrogens is 148 g/mol. The number of hydrogen-bond donors (Lipinski definition) is 1. The third-order valence-corrected chi connectivity index (χ3v) is 3.82. The van der Waals surface area contributed by atoms with E-state index < -0.39 is 16.8 Å². The highest BCUT2D eigenvalue weighted by Crippen LogP contribution is 2.77. The molecule has 1 N–H and O–H groups in total. The fourth-order valence-corrected chi connectivity index (χ4v) is 2.36. The van der Waals surface area contributed by atoms with Crippen molar-refractivity contribution >= 4 is 0 Å². The normalized spacial score (nSPS) is 53.5. The number of hydrogen-bond acceptors (Lipinski definition) is 1. The number of piperidine rings is 1. The van der Waals surface area contributed by atoms with Crippen LogP contribution >= 0.6 is 0 Å². The van der Waals surface area contributed by atoms with Gasteiger partial charge in [0.25, 0.3) is 5.92 Å². The Morgan fingerprint density at radius 3 is 2.18 bits per heavy atom. The number of fused-ring (bicyclic) bond motifs is 1. The SMILES string of the molecule is CC12CCNCC1(C)C2(F)F. The van der Waals surface area contributed by atoms with Crippen molar-refractivity contribution in [2.24, 2.45) is 10.8 Å². The molecular formula is C8H13F2N. The Hall–Kier alpha value is -0.180. The average molecular weight is 161 g/mol. The van der Waals surface area contributed by atoms with E-state index in [1.807, 2.05) is 0 Å². The Bertz CT molecular complexity index is 184. The molecule has 1 saturated heterocycles. The van der Waals surface area contributed by atoms with Crippen molar-refractivity contribution in [3.63, 3.8) is 0 Å². The molecule has 1 nitrogen and oxygen atoms in total. The zero-order chi connectivity index (χ0) is 8.33. The molecule has 3 heteroatoms. The molecule has 2 rings (SSSR count). The van der Waals surface area contributed by atoms with Gasteiger partial charge in [0.05, 0.1) is 5.41 Å². The van der Waals surface area contributed by atoms with Crippen LogP contribution in [0.4, 0.5) is 8.78 Å². The largest absolute Gasteiger partial charge is 0.316 e. The van der Waals surface area contributed by atoms with Crippen LogP contribution in [-0.4, -0.2) is 19.0 Å². The van der Waals surface area contributed by atoms with Gasteiger partial charge in [0.2, 0.25) is 0 Å². The first kappa shape index (κ1) is 7.47. The van der Waals surface area contributed by atoms with Gasteiger partial charge >= 0.3 is 0 Å². The lowest BCUT2D eigenvalue weighted by Gasteiger charge is -2.21. The molecule has 2 unspecified atom stereocenters. The van der Waals surface area contributed by atoms with Gasteiger partial charge in [-0.25, -0.2) is 8.78 Å². The summed E-state index contributed by atoms with van der Waals surface area (Å²) in [5, 5.41) is 3.02. The van der Waals surface area contributed by atoms with Crippen molar-refractivity contribution in [3.05, 3.63) is 0 Å². The van der Waals surface area contributed by atoms with Crippen molar-refractivity contribution < 1.29 is 8.78 Å². The van der Waals surface area contributed by atoms with Crippen molar-refractivity contribution in [2.75, 3.05) is 13.1 Å². The van der Waals surface area contributed by atoms with Gasteiger partial charge in [0.15, 0.2) is 0 Å². The summed E-state index contributed by atoms with van der Waals surface area (Å²) in [6.07, 6.45) is 0.608. The average Bonchev–Trinajstić information content (AvgIpc) is 2.28. The maximum absolute atomic E-state index is 13.2. The van der Waals surface area contributed by atoms with E-state index in [-0.39, 0.29) is 0 Å². The fourth-order valence-electron chi connectivity index (χ4n) is 2.36. The van der Waals surface area contributed by atoms with Gasteiger partial charge in [-0.3, -0.25) is 0 Å². The second kappa shape index (κ2) is 1.60. The van der Waals surface area contributed by atoms with E-state index in [1.165, 1.54) is 0 Å². The van der Waals surface area contributed by atoms with Crippen LogP contribution in [0.5, 0.6) is 0 Å². The topological polar surface area (TPSA) is 12.0 Å². The van der Waals surface area contributed by atoms with Gasteiger partial charge in [-0.1, -0.05) is 13.8 Å². The van der Waals surface area contributed by atoms with Crippen LogP contribution in [-0.2, 0) is 0 Å². The van der Waals surface area contributed by atoms with Gasteiger partial charge < -0.3 is 5.32 Å². The molecule has 1 saturated carbocycles. The zero-order valence-electron chi connectivity index (χ0n) is 6.88. The summed E-state index contributed by atoms with van der Waals surface area (Å²) in [6.45, 7) is 4.59. The Morgan fingerprint density at radius 2 is 1.82 bits per heavy atom. The second-order valence-electron chi connectivity index (χ2n) is 4.17. The molecule has 0 radical (unpaired) electrons. The number of alkyl halides is 2. The van der Waals surface area contributed by atoms with E-state index in [0.29, 0.717) is 13.0 Å². The van der Waals surface area contributed by atoms with Crippen molar-refractivity contribution in [2.45, 2.75) is 26.2 Å². The Balaban J connectivity index is 2.33. The summed E-state index contributed by atoms with van der Waals surface area (Å²) in [6, 6.07) is 0. The van der Waals surface area contributed by atoms with Crippen LogP contribution in [0.3, 0.4) is 0 Å². The molecule has 1 heterocycles. The van der Waals surface area contributed by atoms with Crippen molar-refractivity contribution in [1.82, 2.24) is 5.32 Å².